The first-order valence-electron chi connectivity index (χ1n) is 5.53. The lowest BCUT2D eigenvalue weighted by atomic mass is 9.98. The number of rotatable bonds is 4. The lowest BCUT2D eigenvalue weighted by Gasteiger charge is -2.18. The second-order valence-corrected chi connectivity index (χ2v) is 5.70. The summed E-state index contributed by atoms with van der Waals surface area (Å²) in [7, 11) is 0. The third-order valence-corrected chi connectivity index (χ3v) is 4.51. The molecule has 3 heteroatoms. The van der Waals surface area contributed by atoms with Gasteiger partial charge in [0.05, 0.1) is 0 Å². The first kappa shape index (κ1) is 13.8. The van der Waals surface area contributed by atoms with Crippen molar-refractivity contribution in [2.24, 2.45) is 0 Å². The van der Waals surface area contributed by atoms with Crippen LogP contribution in [0, 0.1) is 0 Å². The van der Waals surface area contributed by atoms with Crippen LogP contribution in [-0.4, -0.2) is 17.6 Å². The highest BCUT2D eigenvalue weighted by molar-refractivity contribution is 8.01. The second-order valence-electron chi connectivity index (χ2n) is 4.04. The van der Waals surface area contributed by atoms with Crippen molar-refractivity contribution in [3.05, 3.63) is 17.2 Å². The largest absolute Gasteiger partial charge is 0.507 e. The molecule has 1 nitrogen and oxygen atoms in total. The van der Waals surface area contributed by atoms with E-state index in [9.17, 15) is 5.11 Å². The van der Waals surface area contributed by atoms with Crippen LogP contribution in [0.3, 0.4) is 0 Å². The zero-order chi connectivity index (χ0) is 12.3. The molecule has 0 saturated heterocycles. The van der Waals surface area contributed by atoms with Crippen LogP contribution in [0.5, 0.6) is 5.75 Å². The van der Waals surface area contributed by atoms with Crippen LogP contribution in [0.15, 0.2) is 15.9 Å². The van der Waals surface area contributed by atoms with Gasteiger partial charge in [-0.2, -0.15) is 0 Å². The van der Waals surface area contributed by atoms with Crippen molar-refractivity contribution >= 4 is 23.5 Å². The fraction of sp³-hybridized carbons (Fsp3) is 0.538. The summed E-state index contributed by atoms with van der Waals surface area (Å²) in [6.45, 7) is 6.34. The molecule has 1 N–H and O–H groups in total. The molecule has 0 amide bonds. The summed E-state index contributed by atoms with van der Waals surface area (Å²) in [5.74, 6) is 0.867. The third-order valence-electron chi connectivity index (χ3n) is 2.74. The molecular weight excluding hydrogens is 236 g/mol. The van der Waals surface area contributed by atoms with Crippen LogP contribution in [0.1, 0.15) is 37.8 Å². The molecule has 0 aliphatic heterocycles. The average molecular weight is 256 g/mol. The molecule has 0 saturated carbocycles. The molecule has 90 valence electrons. The summed E-state index contributed by atoms with van der Waals surface area (Å²) in [5.41, 5.74) is 2.17. The summed E-state index contributed by atoms with van der Waals surface area (Å²) in [5, 5.41) is 10.3. The summed E-state index contributed by atoms with van der Waals surface area (Å²) in [6.07, 6.45) is 5.05. The van der Waals surface area contributed by atoms with Crippen LogP contribution in [0.25, 0.3) is 0 Å². The van der Waals surface area contributed by atoms with E-state index in [1.807, 2.05) is 0 Å². The van der Waals surface area contributed by atoms with Gasteiger partial charge in [-0.15, -0.1) is 23.5 Å². The Labute approximate surface area is 107 Å². The molecule has 0 aliphatic carbocycles. The van der Waals surface area contributed by atoms with E-state index >= 15 is 0 Å². The fourth-order valence-electron chi connectivity index (χ4n) is 1.85. The Morgan fingerprint density at radius 2 is 1.88 bits per heavy atom. The Morgan fingerprint density at radius 1 is 1.25 bits per heavy atom. The van der Waals surface area contributed by atoms with Gasteiger partial charge in [0.25, 0.3) is 0 Å². The maximum atomic E-state index is 10.3. The summed E-state index contributed by atoms with van der Waals surface area (Å²) < 4.78 is 0. The topological polar surface area (TPSA) is 20.2 Å². The minimum Gasteiger partial charge on any atom is -0.507 e. The number of thioether (sulfide) groups is 2. The van der Waals surface area contributed by atoms with Gasteiger partial charge in [-0.05, 0) is 36.5 Å². The van der Waals surface area contributed by atoms with E-state index in [1.165, 1.54) is 9.79 Å². The standard InChI is InChI=1S/C13H20OS2/c1-6-9-12(14)10(8(2)3)7-11(15-4)13(9)16-5/h7-8,14H,6H2,1-5H3. The smallest absolute Gasteiger partial charge is 0.123 e. The summed E-state index contributed by atoms with van der Waals surface area (Å²) in [6, 6.07) is 2.13. The molecule has 1 aromatic rings. The third kappa shape index (κ3) is 2.51. The van der Waals surface area contributed by atoms with E-state index in [0.717, 1.165) is 17.5 Å². The van der Waals surface area contributed by atoms with E-state index < -0.39 is 0 Å². The number of aromatic hydroxyl groups is 1. The van der Waals surface area contributed by atoms with Crippen LogP contribution in [0.4, 0.5) is 0 Å². The molecule has 0 spiro atoms. The molecule has 0 fully saturated rings. The fourth-order valence-corrected chi connectivity index (χ4v) is 3.65. The van der Waals surface area contributed by atoms with Gasteiger partial charge in [-0.25, -0.2) is 0 Å². The molecule has 1 rings (SSSR count). The molecule has 0 radical (unpaired) electrons. The molecular formula is C13H20OS2. The highest BCUT2D eigenvalue weighted by Gasteiger charge is 2.17. The van der Waals surface area contributed by atoms with Crippen LogP contribution in [-0.2, 0) is 6.42 Å². The quantitative estimate of drug-likeness (QED) is 0.800. The Morgan fingerprint density at radius 3 is 2.25 bits per heavy atom. The Kier molecular flexibility index (Phi) is 5.06. The molecule has 0 atom stereocenters. The van der Waals surface area contributed by atoms with E-state index in [4.69, 9.17) is 0 Å². The van der Waals surface area contributed by atoms with Gasteiger partial charge < -0.3 is 5.11 Å². The van der Waals surface area contributed by atoms with Crippen molar-refractivity contribution in [1.29, 1.82) is 0 Å². The molecule has 0 bridgehead atoms. The number of hydrogen-bond acceptors (Lipinski definition) is 3. The highest BCUT2D eigenvalue weighted by Crippen LogP contribution is 2.41. The monoisotopic (exact) mass is 256 g/mol. The van der Waals surface area contributed by atoms with Gasteiger partial charge in [0.2, 0.25) is 0 Å². The molecule has 0 aliphatic rings. The van der Waals surface area contributed by atoms with E-state index in [-0.39, 0.29) is 0 Å². The van der Waals surface area contributed by atoms with Gasteiger partial charge in [0.1, 0.15) is 5.75 Å². The average Bonchev–Trinajstić information content (AvgIpc) is 2.27. The number of phenols is 1. The first-order valence-corrected chi connectivity index (χ1v) is 7.98. The highest BCUT2D eigenvalue weighted by atomic mass is 32.2. The van der Waals surface area contributed by atoms with E-state index in [1.54, 1.807) is 23.5 Å². The lowest BCUT2D eigenvalue weighted by Crippen LogP contribution is -1.97. The van der Waals surface area contributed by atoms with E-state index in [2.05, 4.69) is 39.3 Å². The Bertz CT molecular complexity index is 373. The molecule has 0 heterocycles. The zero-order valence-corrected chi connectivity index (χ0v) is 12.3. The van der Waals surface area contributed by atoms with Gasteiger partial charge in [-0.3, -0.25) is 0 Å². The SMILES string of the molecule is CCc1c(O)c(C(C)C)cc(SC)c1SC. The van der Waals surface area contributed by atoms with Crippen LogP contribution < -0.4 is 0 Å². The van der Waals surface area contributed by atoms with E-state index in [0.29, 0.717) is 11.7 Å². The zero-order valence-electron chi connectivity index (χ0n) is 10.6. The molecule has 16 heavy (non-hydrogen) atoms. The molecule has 1 aromatic carbocycles. The Hall–Kier alpha value is -0.280. The van der Waals surface area contributed by atoms with Gasteiger partial charge in [0.15, 0.2) is 0 Å². The Balaban J connectivity index is 3.48. The van der Waals surface area contributed by atoms with Gasteiger partial charge in [-0.1, -0.05) is 20.8 Å². The summed E-state index contributed by atoms with van der Waals surface area (Å²) >= 11 is 3.48. The molecule has 0 aromatic heterocycles. The predicted octanol–water partition coefficient (Wildman–Crippen LogP) is 4.52. The van der Waals surface area contributed by atoms with Crippen molar-refractivity contribution in [2.45, 2.75) is 42.9 Å². The molecule has 0 unspecified atom stereocenters. The maximum Gasteiger partial charge on any atom is 0.123 e. The van der Waals surface area contributed by atoms with Crippen molar-refractivity contribution in [3.63, 3.8) is 0 Å². The van der Waals surface area contributed by atoms with Gasteiger partial charge >= 0.3 is 0 Å². The van der Waals surface area contributed by atoms with Crippen molar-refractivity contribution < 1.29 is 5.11 Å². The normalized spacial score (nSPS) is 11.1. The minimum atomic E-state index is 0.368. The van der Waals surface area contributed by atoms with Crippen molar-refractivity contribution in [3.8, 4) is 5.75 Å². The lowest BCUT2D eigenvalue weighted by molar-refractivity contribution is 0.454. The number of phenolic OH excluding ortho intramolecular Hbond substituents is 1. The number of benzene rings is 1. The van der Waals surface area contributed by atoms with Crippen LogP contribution in [0.2, 0.25) is 0 Å². The van der Waals surface area contributed by atoms with Crippen molar-refractivity contribution in [2.75, 3.05) is 12.5 Å². The van der Waals surface area contributed by atoms with Crippen LogP contribution >= 0.6 is 23.5 Å². The second kappa shape index (κ2) is 5.87. The van der Waals surface area contributed by atoms with Gasteiger partial charge in [0, 0.05) is 15.4 Å². The maximum absolute atomic E-state index is 10.3. The van der Waals surface area contributed by atoms with Crippen molar-refractivity contribution in [1.82, 2.24) is 0 Å². The minimum absolute atomic E-state index is 0.368. The first-order chi connectivity index (χ1) is 7.56. The summed E-state index contributed by atoms with van der Waals surface area (Å²) in [4.78, 5) is 2.52. The number of hydrogen-bond donors (Lipinski definition) is 1. The predicted molar refractivity (Wildman–Crippen MR) is 75.1 cm³/mol.